The number of nitrogens with zero attached hydrogens (tertiary/aromatic N) is 1. The topological polar surface area (TPSA) is 40.5 Å². The molecule has 0 fully saturated rings. The third-order valence-electron chi connectivity index (χ3n) is 5.55. The van der Waals surface area contributed by atoms with Crippen LogP contribution >= 0.6 is 0 Å². The maximum Gasteiger partial charge on any atom is 0.419 e. The SMILES string of the molecule is CC(C)C.CC(C)C(C)C.CCCc1cn(C(=O)OC(C)(C)C)c2cccc(OCc3ccccc3)c12. The van der Waals surface area contributed by atoms with Crippen molar-refractivity contribution in [2.24, 2.45) is 17.8 Å². The summed E-state index contributed by atoms with van der Waals surface area (Å²) in [5, 5.41) is 0.987. The fraction of sp³-hybridized carbons (Fsp3) is 0.545. The Balaban J connectivity index is 0.000000583. The average Bonchev–Trinajstić information content (AvgIpc) is 3.17. The van der Waals surface area contributed by atoms with Crippen molar-refractivity contribution in [1.29, 1.82) is 0 Å². The van der Waals surface area contributed by atoms with Crippen molar-refractivity contribution in [1.82, 2.24) is 4.57 Å². The van der Waals surface area contributed by atoms with Gasteiger partial charge in [-0.05, 0) is 68.2 Å². The molecule has 0 radical (unpaired) electrons. The van der Waals surface area contributed by atoms with Crippen LogP contribution < -0.4 is 4.74 Å². The number of aryl methyl sites for hydroxylation is 1. The van der Waals surface area contributed by atoms with E-state index in [1.165, 1.54) is 0 Å². The highest BCUT2D eigenvalue weighted by Gasteiger charge is 2.22. The van der Waals surface area contributed by atoms with Gasteiger partial charge >= 0.3 is 6.09 Å². The fourth-order valence-corrected chi connectivity index (χ4v) is 3.11. The minimum absolute atomic E-state index is 0.366. The number of carbonyl (C=O) groups excluding carboxylic acids is 1. The van der Waals surface area contributed by atoms with Gasteiger partial charge in [-0.25, -0.2) is 4.79 Å². The van der Waals surface area contributed by atoms with Gasteiger partial charge in [0.25, 0.3) is 0 Å². The number of aromatic nitrogens is 1. The van der Waals surface area contributed by atoms with Crippen molar-refractivity contribution in [2.45, 2.75) is 101 Å². The summed E-state index contributed by atoms with van der Waals surface area (Å²) in [6.45, 7) is 23.7. The molecule has 0 atom stereocenters. The first kappa shape index (κ1) is 32.3. The second-order valence-corrected chi connectivity index (χ2v) is 11.9. The number of benzene rings is 2. The predicted molar refractivity (Wildman–Crippen MR) is 159 cm³/mol. The summed E-state index contributed by atoms with van der Waals surface area (Å²) in [5.74, 6) is 3.33. The summed E-state index contributed by atoms with van der Waals surface area (Å²) in [7, 11) is 0. The minimum Gasteiger partial charge on any atom is -0.488 e. The van der Waals surface area contributed by atoms with E-state index in [0.29, 0.717) is 6.61 Å². The molecule has 1 heterocycles. The van der Waals surface area contributed by atoms with Crippen molar-refractivity contribution in [3.8, 4) is 5.75 Å². The maximum absolute atomic E-state index is 12.7. The molecule has 206 valence electrons. The molecule has 0 bridgehead atoms. The fourth-order valence-electron chi connectivity index (χ4n) is 3.11. The molecule has 2 aromatic carbocycles. The molecule has 37 heavy (non-hydrogen) atoms. The molecule has 0 aliphatic carbocycles. The van der Waals surface area contributed by atoms with E-state index in [4.69, 9.17) is 9.47 Å². The van der Waals surface area contributed by atoms with Gasteiger partial charge in [0.2, 0.25) is 0 Å². The van der Waals surface area contributed by atoms with Gasteiger partial charge in [-0.2, -0.15) is 0 Å². The van der Waals surface area contributed by atoms with Gasteiger partial charge in [0.15, 0.2) is 0 Å². The van der Waals surface area contributed by atoms with Crippen molar-refractivity contribution >= 4 is 17.0 Å². The van der Waals surface area contributed by atoms with Crippen molar-refractivity contribution in [3.63, 3.8) is 0 Å². The third-order valence-corrected chi connectivity index (χ3v) is 5.55. The van der Waals surface area contributed by atoms with Crippen LogP contribution in [0.3, 0.4) is 0 Å². The van der Waals surface area contributed by atoms with E-state index in [1.807, 2.05) is 75.5 Å². The summed E-state index contributed by atoms with van der Waals surface area (Å²) in [5.41, 5.74) is 2.48. The Morgan fingerprint density at radius 2 is 1.43 bits per heavy atom. The van der Waals surface area contributed by atoms with Gasteiger partial charge in [-0.1, -0.05) is 98.2 Å². The Hall–Kier alpha value is -2.75. The van der Waals surface area contributed by atoms with Gasteiger partial charge in [-0.15, -0.1) is 0 Å². The van der Waals surface area contributed by atoms with Gasteiger partial charge in [0, 0.05) is 11.6 Å². The first-order valence-electron chi connectivity index (χ1n) is 13.8. The first-order chi connectivity index (χ1) is 17.3. The Labute approximate surface area is 226 Å². The summed E-state index contributed by atoms with van der Waals surface area (Å²) in [6.07, 6.45) is 3.38. The summed E-state index contributed by atoms with van der Waals surface area (Å²) >= 11 is 0. The second kappa shape index (κ2) is 15.5. The molecule has 4 nitrogen and oxygen atoms in total. The molecular weight excluding hydrogens is 458 g/mol. The lowest BCUT2D eigenvalue weighted by atomic mass is 10.0. The molecule has 0 unspecified atom stereocenters. The van der Waals surface area contributed by atoms with Crippen LogP contribution in [-0.4, -0.2) is 16.3 Å². The summed E-state index contributed by atoms with van der Waals surface area (Å²) in [4.78, 5) is 12.7. The van der Waals surface area contributed by atoms with E-state index in [0.717, 1.165) is 58.4 Å². The predicted octanol–water partition coefficient (Wildman–Crippen LogP) is 9.92. The lowest BCUT2D eigenvalue weighted by Crippen LogP contribution is -2.26. The molecular formula is C33H51NO3. The molecule has 1 aromatic heterocycles. The van der Waals surface area contributed by atoms with E-state index in [9.17, 15) is 4.79 Å². The number of fused-ring (bicyclic) bond motifs is 1. The molecule has 0 N–H and O–H groups in total. The Kier molecular flexibility index (Phi) is 13.5. The molecule has 4 heteroatoms. The highest BCUT2D eigenvalue weighted by molar-refractivity contribution is 5.96. The number of rotatable bonds is 6. The van der Waals surface area contributed by atoms with Crippen LogP contribution in [0.4, 0.5) is 4.79 Å². The highest BCUT2D eigenvalue weighted by atomic mass is 16.6. The van der Waals surface area contributed by atoms with E-state index in [2.05, 4.69) is 55.4 Å². The molecule has 0 saturated carbocycles. The minimum atomic E-state index is -0.542. The Bertz CT molecular complexity index is 1050. The smallest absolute Gasteiger partial charge is 0.419 e. The van der Waals surface area contributed by atoms with E-state index in [-0.39, 0.29) is 6.09 Å². The monoisotopic (exact) mass is 509 g/mol. The van der Waals surface area contributed by atoms with Crippen LogP contribution in [0.5, 0.6) is 5.75 Å². The van der Waals surface area contributed by atoms with Gasteiger partial charge in [0.1, 0.15) is 18.0 Å². The lowest BCUT2D eigenvalue weighted by molar-refractivity contribution is 0.0544. The summed E-state index contributed by atoms with van der Waals surface area (Å²) in [6, 6.07) is 15.9. The van der Waals surface area contributed by atoms with Crippen molar-refractivity contribution in [2.75, 3.05) is 0 Å². The number of hydrogen-bond donors (Lipinski definition) is 0. The van der Waals surface area contributed by atoms with Crippen molar-refractivity contribution in [3.05, 3.63) is 65.9 Å². The molecule has 0 saturated heterocycles. The molecule has 0 spiro atoms. The summed E-state index contributed by atoms with van der Waals surface area (Å²) < 4.78 is 13.3. The van der Waals surface area contributed by atoms with Crippen molar-refractivity contribution < 1.29 is 14.3 Å². The quantitative estimate of drug-likeness (QED) is 0.332. The number of carbonyl (C=O) groups is 1. The first-order valence-corrected chi connectivity index (χ1v) is 13.8. The van der Waals surface area contributed by atoms with Gasteiger partial charge in [-0.3, -0.25) is 4.57 Å². The van der Waals surface area contributed by atoms with Gasteiger partial charge in [0.05, 0.1) is 5.52 Å². The van der Waals surface area contributed by atoms with E-state index < -0.39 is 5.60 Å². The van der Waals surface area contributed by atoms with Crippen LogP contribution in [0.25, 0.3) is 10.9 Å². The Morgan fingerprint density at radius 1 is 0.865 bits per heavy atom. The van der Waals surface area contributed by atoms with E-state index >= 15 is 0 Å². The second-order valence-electron chi connectivity index (χ2n) is 11.9. The third kappa shape index (κ3) is 11.9. The van der Waals surface area contributed by atoms with Crippen LogP contribution in [-0.2, 0) is 17.8 Å². The van der Waals surface area contributed by atoms with Gasteiger partial charge < -0.3 is 9.47 Å². The van der Waals surface area contributed by atoms with Crippen LogP contribution in [0, 0.1) is 17.8 Å². The van der Waals surface area contributed by atoms with Crippen LogP contribution in [0.2, 0.25) is 0 Å². The normalized spacial score (nSPS) is 11.2. The zero-order valence-electron chi connectivity index (χ0n) is 25.2. The van der Waals surface area contributed by atoms with E-state index in [1.54, 1.807) is 4.57 Å². The number of hydrogen-bond acceptors (Lipinski definition) is 3. The Morgan fingerprint density at radius 3 is 1.92 bits per heavy atom. The zero-order chi connectivity index (χ0) is 28.2. The molecule has 0 aliphatic heterocycles. The molecule has 3 aromatic rings. The van der Waals surface area contributed by atoms with Crippen LogP contribution in [0.15, 0.2) is 54.7 Å². The lowest BCUT2D eigenvalue weighted by Gasteiger charge is -2.19. The molecule has 3 rings (SSSR count). The zero-order valence-corrected chi connectivity index (χ0v) is 25.2. The van der Waals surface area contributed by atoms with Crippen LogP contribution in [0.1, 0.15) is 93.7 Å². The highest BCUT2D eigenvalue weighted by Crippen LogP contribution is 2.32. The number of ether oxygens (including phenoxy) is 2. The molecule has 0 amide bonds. The largest absolute Gasteiger partial charge is 0.488 e. The maximum atomic E-state index is 12.7. The molecule has 0 aliphatic rings. The average molecular weight is 510 g/mol. The standard InChI is InChI=1S/C23H27NO3.C6H14.C4H10/c1-5-10-18-15-24(22(25)27-23(2,3)4)19-13-9-14-20(21(18)19)26-16-17-11-7-6-8-12-17;1-5(2)6(3)4;1-4(2)3/h6-9,11-15H,5,10,16H2,1-4H3;5-6H,1-4H3;4H,1-3H3.